The average molecular weight is 216 g/mol. The van der Waals surface area contributed by atoms with Crippen molar-refractivity contribution in [1.82, 2.24) is 10.3 Å². The standard InChI is InChI=1S/C10H11F3N2/c11-10(12,13)9-5-1-3-8(15-9)7-4-2-6-14-7/h1,3,5,7,14H,2,4,6H2. The Bertz CT molecular complexity index is 343. The van der Waals surface area contributed by atoms with E-state index in [0.717, 1.165) is 25.5 Å². The number of hydrogen-bond acceptors (Lipinski definition) is 2. The van der Waals surface area contributed by atoms with Crippen molar-refractivity contribution in [2.24, 2.45) is 0 Å². The quantitative estimate of drug-likeness (QED) is 0.780. The van der Waals surface area contributed by atoms with E-state index in [4.69, 9.17) is 0 Å². The third kappa shape index (κ3) is 2.28. The van der Waals surface area contributed by atoms with Crippen molar-refractivity contribution in [3.63, 3.8) is 0 Å². The molecule has 1 fully saturated rings. The fraction of sp³-hybridized carbons (Fsp3) is 0.500. The van der Waals surface area contributed by atoms with E-state index in [9.17, 15) is 13.2 Å². The molecule has 1 aromatic rings. The number of halogens is 3. The van der Waals surface area contributed by atoms with E-state index in [-0.39, 0.29) is 6.04 Å². The van der Waals surface area contributed by atoms with Gasteiger partial charge in [0.2, 0.25) is 0 Å². The van der Waals surface area contributed by atoms with Crippen LogP contribution in [0.5, 0.6) is 0 Å². The maximum atomic E-state index is 12.4. The first-order valence-corrected chi connectivity index (χ1v) is 4.85. The Balaban J connectivity index is 2.26. The highest BCUT2D eigenvalue weighted by molar-refractivity contribution is 5.17. The molecule has 0 radical (unpaired) electrons. The van der Waals surface area contributed by atoms with E-state index in [1.165, 1.54) is 6.07 Å². The Labute approximate surface area is 85.5 Å². The summed E-state index contributed by atoms with van der Waals surface area (Å²) in [6.07, 6.45) is -2.51. The first kappa shape index (κ1) is 10.4. The van der Waals surface area contributed by atoms with Gasteiger partial charge in [-0.3, -0.25) is 0 Å². The molecule has 0 amide bonds. The lowest BCUT2D eigenvalue weighted by atomic mass is 10.1. The summed E-state index contributed by atoms with van der Waals surface area (Å²) >= 11 is 0. The number of aromatic nitrogens is 1. The fourth-order valence-electron chi connectivity index (χ4n) is 1.74. The molecule has 15 heavy (non-hydrogen) atoms. The van der Waals surface area contributed by atoms with Gasteiger partial charge in [0, 0.05) is 6.04 Å². The summed E-state index contributed by atoms with van der Waals surface area (Å²) in [6, 6.07) is 4.02. The highest BCUT2D eigenvalue weighted by atomic mass is 19.4. The lowest BCUT2D eigenvalue weighted by Crippen LogP contribution is -2.16. The SMILES string of the molecule is FC(F)(F)c1cccc(C2CCCN2)n1. The van der Waals surface area contributed by atoms with Crippen LogP contribution < -0.4 is 5.32 Å². The molecule has 0 spiro atoms. The Morgan fingerprint density at radius 3 is 2.73 bits per heavy atom. The van der Waals surface area contributed by atoms with Crippen molar-refractivity contribution in [3.8, 4) is 0 Å². The molecule has 1 N–H and O–H groups in total. The van der Waals surface area contributed by atoms with Crippen LogP contribution in [0.15, 0.2) is 18.2 Å². The number of rotatable bonds is 1. The minimum Gasteiger partial charge on any atom is -0.309 e. The van der Waals surface area contributed by atoms with Crippen LogP contribution in [-0.2, 0) is 6.18 Å². The van der Waals surface area contributed by atoms with Crippen LogP contribution in [0, 0.1) is 0 Å². The summed E-state index contributed by atoms with van der Waals surface area (Å²) in [4.78, 5) is 3.64. The van der Waals surface area contributed by atoms with Gasteiger partial charge in [0.15, 0.2) is 0 Å². The summed E-state index contributed by atoms with van der Waals surface area (Å²) in [6.45, 7) is 0.850. The highest BCUT2D eigenvalue weighted by Crippen LogP contribution is 2.29. The van der Waals surface area contributed by atoms with E-state index in [2.05, 4.69) is 10.3 Å². The Hall–Kier alpha value is -1.10. The lowest BCUT2D eigenvalue weighted by molar-refractivity contribution is -0.141. The zero-order valence-electron chi connectivity index (χ0n) is 8.01. The maximum Gasteiger partial charge on any atom is 0.433 e. The summed E-state index contributed by atoms with van der Waals surface area (Å²) in [5.41, 5.74) is -0.323. The molecule has 1 aromatic heterocycles. The second-order valence-corrected chi connectivity index (χ2v) is 3.59. The minimum atomic E-state index is -4.35. The van der Waals surface area contributed by atoms with E-state index in [1.807, 2.05) is 0 Å². The lowest BCUT2D eigenvalue weighted by Gasteiger charge is -2.12. The van der Waals surface area contributed by atoms with Crippen molar-refractivity contribution in [2.75, 3.05) is 6.54 Å². The van der Waals surface area contributed by atoms with Crippen LogP contribution in [0.1, 0.15) is 30.3 Å². The maximum absolute atomic E-state index is 12.4. The third-order valence-corrected chi connectivity index (χ3v) is 2.48. The van der Waals surface area contributed by atoms with Gasteiger partial charge >= 0.3 is 6.18 Å². The Morgan fingerprint density at radius 2 is 2.13 bits per heavy atom. The molecule has 1 atom stereocenters. The molecule has 0 aromatic carbocycles. The highest BCUT2D eigenvalue weighted by Gasteiger charge is 2.33. The molecular formula is C10H11F3N2. The van der Waals surface area contributed by atoms with E-state index >= 15 is 0 Å². The third-order valence-electron chi connectivity index (χ3n) is 2.48. The van der Waals surface area contributed by atoms with Gasteiger partial charge in [-0.15, -0.1) is 0 Å². The van der Waals surface area contributed by atoms with Gasteiger partial charge in [0.05, 0.1) is 5.69 Å². The average Bonchev–Trinajstić information content (AvgIpc) is 2.69. The van der Waals surface area contributed by atoms with Crippen LogP contribution in [0.2, 0.25) is 0 Å². The predicted molar refractivity (Wildman–Crippen MR) is 49.2 cm³/mol. The molecule has 2 heterocycles. The van der Waals surface area contributed by atoms with Crippen LogP contribution in [0.4, 0.5) is 13.2 Å². The minimum absolute atomic E-state index is 0.0210. The second-order valence-electron chi connectivity index (χ2n) is 3.59. The topological polar surface area (TPSA) is 24.9 Å². The smallest absolute Gasteiger partial charge is 0.309 e. The number of hydrogen-bond donors (Lipinski definition) is 1. The summed E-state index contributed by atoms with van der Waals surface area (Å²) in [7, 11) is 0. The summed E-state index contributed by atoms with van der Waals surface area (Å²) in [5.74, 6) is 0. The summed E-state index contributed by atoms with van der Waals surface area (Å²) < 4.78 is 37.1. The van der Waals surface area contributed by atoms with Crippen LogP contribution in [0.3, 0.4) is 0 Å². The molecule has 82 valence electrons. The zero-order chi connectivity index (χ0) is 10.9. The van der Waals surface area contributed by atoms with Gasteiger partial charge in [-0.05, 0) is 31.5 Å². The van der Waals surface area contributed by atoms with Crippen LogP contribution in [-0.4, -0.2) is 11.5 Å². The zero-order valence-corrected chi connectivity index (χ0v) is 8.01. The van der Waals surface area contributed by atoms with E-state index < -0.39 is 11.9 Å². The Kier molecular flexibility index (Phi) is 2.65. The number of nitrogens with one attached hydrogen (secondary N) is 1. The molecule has 1 saturated heterocycles. The van der Waals surface area contributed by atoms with Gasteiger partial charge in [-0.2, -0.15) is 13.2 Å². The largest absolute Gasteiger partial charge is 0.433 e. The van der Waals surface area contributed by atoms with Crippen molar-refractivity contribution in [2.45, 2.75) is 25.1 Å². The first-order chi connectivity index (χ1) is 7.07. The van der Waals surface area contributed by atoms with Gasteiger partial charge in [-0.25, -0.2) is 4.98 Å². The molecule has 2 nitrogen and oxygen atoms in total. The van der Waals surface area contributed by atoms with Crippen molar-refractivity contribution in [3.05, 3.63) is 29.6 Å². The molecule has 1 aliphatic heterocycles. The number of alkyl halides is 3. The fourth-order valence-corrected chi connectivity index (χ4v) is 1.74. The molecule has 2 rings (SSSR count). The Morgan fingerprint density at radius 1 is 1.33 bits per heavy atom. The monoisotopic (exact) mass is 216 g/mol. The number of pyridine rings is 1. The second kappa shape index (κ2) is 3.81. The number of nitrogens with zero attached hydrogens (tertiary/aromatic N) is 1. The predicted octanol–water partition coefficient (Wildman–Crippen LogP) is 2.52. The van der Waals surface area contributed by atoms with Gasteiger partial charge in [-0.1, -0.05) is 6.07 Å². The van der Waals surface area contributed by atoms with E-state index in [1.54, 1.807) is 6.07 Å². The molecule has 5 heteroatoms. The van der Waals surface area contributed by atoms with Crippen molar-refractivity contribution < 1.29 is 13.2 Å². The molecule has 0 bridgehead atoms. The van der Waals surface area contributed by atoms with Gasteiger partial charge < -0.3 is 5.32 Å². The molecule has 1 unspecified atom stereocenters. The molecular weight excluding hydrogens is 205 g/mol. The van der Waals surface area contributed by atoms with Crippen LogP contribution >= 0.6 is 0 Å². The molecule has 0 aliphatic carbocycles. The van der Waals surface area contributed by atoms with Crippen molar-refractivity contribution in [1.29, 1.82) is 0 Å². The molecule has 0 saturated carbocycles. The van der Waals surface area contributed by atoms with Crippen LogP contribution in [0.25, 0.3) is 0 Å². The normalized spacial score (nSPS) is 21.9. The summed E-state index contributed by atoms with van der Waals surface area (Å²) in [5, 5.41) is 3.12. The van der Waals surface area contributed by atoms with Gasteiger partial charge in [0.25, 0.3) is 0 Å². The first-order valence-electron chi connectivity index (χ1n) is 4.85. The van der Waals surface area contributed by atoms with Crippen molar-refractivity contribution >= 4 is 0 Å². The van der Waals surface area contributed by atoms with Gasteiger partial charge in [0.1, 0.15) is 5.69 Å². The molecule has 1 aliphatic rings. The van der Waals surface area contributed by atoms with E-state index in [0.29, 0.717) is 5.69 Å².